The van der Waals surface area contributed by atoms with E-state index < -0.39 is 212 Å². The number of halogens is 6. The van der Waals surface area contributed by atoms with Gasteiger partial charge in [0.15, 0.2) is 53.8 Å². The lowest BCUT2D eigenvalue weighted by atomic mass is 9.80. The van der Waals surface area contributed by atoms with Gasteiger partial charge in [-0.1, -0.05) is 78.1 Å². The number of carbonyl (C=O) groups excluding carboxylic acids is 4. The number of hydrogen-bond acceptors (Lipinski definition) is 26. The summed E-state index contributed by atoms with van der Waals surface area (Å²) in [6.07, 6.45) is -20.7. The number of nitrogens with one attached hydrogen (secondary N) is 3. The minimum Gasteiger partial charge on any atom is -0.394 e. The highest BCUT2D eigenvalue weighted by Gasteiger charge is 2.56. The minimum atomic E-state index is -1.99. The number of ether oxygens (including phenoxy) is 7. The summed E-state index contributed by atoms with van der Waals surface area (Å²) in [5.41, 5.74) is -0.0333. The Balaban J connectivity index is 0.770. The smallest absolute Gasteiger partial charge is 0.251 e. The van der Waals surface area contributed by atoms with Crippen LogP contribution in [0.15, 0.2) is 73.2 Å². The van der Waals surface area contributed by atoms with Crippen LogP contribution in [0, 0.1) is 52.7 Å². The molecular weight excluding hydrogens is 1480 g/mol. The van der Waals surface area contributed by atoms with Gasteiger partial charge in [-0.25, -0.2) is 40.4 Å². The van der Waals surface area contributed by atoms with E-state index in [4.69, 9.17) is 33.2 Å². The van der Waals surface area contributed by atoms with E-state index in [0.29, 0.717) is 48.6 Å². The maximum atomic E-state index is 15.1. The van der Waals surface area contributed by atoms with Gasteiger partial charge in [-0.15, -0.1) is 15.3 Å². The second-order valence-electron chi connectivity index (χ2n) is 29.4. The van der Waals surface area contributed by atoms with Gasteiger partial charge in [0, 0.05) is 61.6 Å². The number of rotatable bonds is 25. The molecule has 33 nitrogen and oxygen atoms in total. The van der Waals surface area contributed by atoms with E-state index in [1.165, 1.54) is 18.5 Å². The summed E-state index contributed by atoms with van der Waals surface area (Å²) >= 11 is 0. The number of nitrogens with zero attached hydrogens (tertiary/aromatic N) is 10. The van der Waals surface area contributed by atoms with E-state index in [-0.39, 0.29) is 79.5 Å². The number of aliphatic hydroxyl groups excluding tert-OH is 9. The molecule has 604 valence electrons. The maximum Gasteiger partial charge on any atom is 0.251 e. The molecule has 0 spiro atoms. The van der Waals surface area contributed by atoms with Crippen LogP contribution in [0.2, 0.25) is 0 Å². The van der Waals surface area contributed by atoms with Gasteiger partial charge in [0.2, 0.25) is 17.7 Å². The van der Waals surface area contributed by atoms with E-state index in [1.54, 1.807) is 41.4 Å². The summed E-state index contributed by atoms with van der Waals surface area (Å²) in [4.78, 5) is 59.2. The van der Waals surface area contributed by atoms with Gasteiger partial charge in [-0.2, -0.15) is 0 Å². The van der Waals surface area contributed by atoms with Crippen LogP contribution in [0.1, 0.15) is 103 Å². The lowest BCUT2D eigenvalue weighted by Gasteiger charge is -2.49. The zero-order valence-electron chi connectivity index (χ0n) is 60.1. The van der Waals surface area contributed by atoms with Crippen molar-refractivity contribution < 1.29 is 125 Å². The second-order valence-corrected chi connectivity index (χ2v) is 29.4. The molecule has 15 unspecified atom stereocenters. The molecule has 13 rings (SSSR count). The van der Waals surface area contributed by atoms with Gasteiger partial charge >= 0.3 is 0 Å². The third-order valence-electron chi connectivity index (χ3n) is 22.0. The van der Waals surface area contributed by atoms with E-state index in [2.05, 4.69) is 46.9 Å². The van der Waals surface area contributed by atoms with Crippen molar-refractivity contribution in [2.75, 3.05) is 39.4 Å². The van der Waals surface area contributed by atoms with Gasteiger partial charge in [-0.05, 0) is 75.6 Å². The fourth-order valence-electron chi connectivity index (χ4n) is 15.9. The second kappa shape index (κ2) is 35.1. The lowest BCUT2D eigenvalue weighted by molar-refractivity contribution is -0.337. The predicted molar refractivity (Wildman–Crippen MR) is 366 cm³/mol. The molecule has 3 saturated carbocycles. The van der Waals surface area contributed by atoms with Crippen molar-refractivity contribution in [3.63, 3.8) is 0 Å². The van der Waals surface area contributed by atoms with Crippen LogP contribution in [-0.4, -0.2) is 275 Å². The molecule has 6 aromatic rings. The SMILES string of the molecule is CC(=O)NC1C(O[C@@H](CC2CCCCC2)C(=O)N2CCC2)[C@@H](O)C(CO)O[C@H]1O[C@@H]1CC(C(=O)NCCNC(=O)C2CC(n3cc(-c4cc(F)c(F)c(F)c4)nn3)C(O)[C@H](O[C@@H]3OC(CO)[C@H](O)C(n4cc(-c5cc(F)c(F)c(F)c5)nn4)C3O)C2)CC(n2cc(-c3ccccc3)nn2)C1O[C@@H]1OC(C)[C@@H](O)C(O)C1O. The molecule has 4 amide bonds. The Hall–Kier alpha value is -8.10. The van der Waals surface area contributed by atoms with E-state index >= 15 is 4.79 Å². The van der Waals surface area contributed by atoms with Crippen LogP contribution in [0.5, 0.6) is 0 Å². The van der Waals surface area contributed by atoms with Crippen molar-refractivity contribution in [2.24, 2.45) is 17.8 Å². The lowest BCUT2D eigenvalue weighted by Crippen LogP contribution is -2.67. The Labute approximate surface area is 630 Å². The molecule has 7 aliphatic rings. The van der Waals surface area contributed by atoms with Gasteiger partial charge in [0.25, 0.3) is 5.91 Å². The molecule has 7 fully saturated rings. The number of hydrogen-bond donors (Lipinski definition) is 12. The van der Waals surface area contributed by atoms with Crippen molar-refractivity contribution in [1.29, 1.82) is 0 Å². The Morgan fingerprint density at radius 1 is 0.550 bits per heavy atom. The Morgan fingerprint density at radius 3 is 1.63 bits per heavy atom. The first-order valence-electron chi connectivity index (χ1n) is 37.0. The first kappa shape index (κ1) is 80.9. The molecule has 7 heterocycles. The summed E-state index contributed by atoms with van der Waals surface area (Å²) < 4.78 is 134. The summed E-state index contributed by atoms with van der Waals surface area (Å²) in [6.45, 7) is 1.26. The highest BCUT2D eigenvalue weighted by atomic mass is 19.2. The molecule has 12 N–H and O–H groups in total. The molecule has 24 atom stereocenters. The Kier molecular flexibility index (Phi) is 25.6. The standard InChI is InChI=1S/C72H89F6N13O20/c1-32-58(95)63(100)64(101)72(105-32)111-65-48(90-27-44(82-86-90)35-12-7-4-8-13-35)24-39(26-50(65)108-70-56(81-33(2)94)66(61(98)53(31-93)109-70)106-51(69(104)88-16-9-17-88)18-34-10-5-3-6-11-34)68(103)80-15-14-79-67(102)38-23-47(89-28-45(83-85-89)36-19-40(73)54(77)41(74)20-36)59(96)49(25-38)107-71-62(99)57(60(97)52(30-92)110-71)91-29-46(84-87-91)37-21-42(75)55(78)43(76)22-37/h4,7-8,12-13,19-22,27-29,32,34,38-39,47-53,56-66,70-72,92-93,95-101H,3,5-6,9-11,14-18,23-26,30-31H2,1-2H3,(H,79,102)(H,80,103)(H,81,94)/t32?,38?,39?,47?,48?,49-,50-,51+,52?,53?,56?,57?,58-,59?,60+,61+,62?,63?,64?,65?,66?,70-,71-,72+/m1/s1. The number of aliphatic hydroxyl groups is 9. The van der Waals surface area contributed by atoms with Crippen molar-refractivity contribution >= 4 is 23.6 Å². The fraction of sp³-hybridized carbons (Fsp3) is 0.611. The highest BCUT2D eigenvalue weighted by molar-refractivity contribution is 5.82. The van der Waals surface area contributed by atoms with Crippen molar-refractivity contribution in [1.82, 2.24) is 65.8 Å². The van der Waals surface area contributed by atoms with Crippen LogP contribution >= 0.6 is 0 Å². The normalized spacial score (nSPS) is 33.0. The molecule has 3 aromatic carbocycles. The molecule has 39 heteroatoms. The van der Waals surface area contributed by atoms with Crippen LogP contribution < -0.4 is 16.0 Å². The average Bonchev–Trinajstić information content (AvgIpc) is 1.71. The first-order chi connectivity index (χ1) is 53.2. The van der Waals surface area contributed by atoms with E-state index in [0.717, 1.165) is 60.3 Å². The zero-order chi connectivity index (χ0) is 78.8. The quantitative estimate of drug-likeness (QED) is 0.0213. The Bertz CT molecular complexity index is 4160. The first-order valence-corrected chi connectivity index (χ1v) is 37.0. The summed E-state index contributed by atoms with van der Waals surface area (Å²) in [7, 11) is 0. The van der Waals surface area contributed by atoms with Crippen LogP contribution in [0.4, 0.5) is 26.3 Å². The number of benzene rings is 3. The summed E-state index contributed by atoms with van der Waals surface area (Å²) in [5.74, 6) is -14.3. The molecule has 111 heavy (non-hydrogen) atoms. The van der Waals surface area contributed by atoms with Gasteiger partial charge in [0.1, 0.15) is 102 Å². The number of amides is 4. The average molecular weight is 1570 g/mol. The summed E-state index contributed by atoms with van der Waals surface area (Å²) in [6, 6.07) is 5.92. The Morgan fingerprint density at radius 2 is 1.06 bits per heavy atom. The van der Waals surface area contributed by atoms with Crippen LogP contribution in [-0.2, 0) is 52.3 Å². The van der Waals surface area contributed by atoms with Crippen molar-refractivity contribution in [2.45, 2.75) is 219 Å². The van der Waals surface area contributed by atoms with Gasteiger partial charge in [-0.3, -0.25) is 19.2 Å². The molecule has 0 bridgehead atoms. The molecular formula is C72H89F6N13O20. The number of aromatic nitrogens is 9. The van der Waals surface area contributed by atoms with Crippen molar-refractivity contribution in [3.05, 3.63) is 108 Å². The molecule has 4 saturated heterocycles. The fourth-order valence-corrected chi connectivity index (χ4v) is 15.9. The topological polar surface area (TPSA) is 446 Å². The van der Waals surface area contributed by atoms with Crippen molar-refractivity contribution in [3.8, 4) is 33.8 Å². The molecule has 4 aliphatic heterocycles. The molecule has 0 radical (unpaired) electrons. The zero-order valence-corrected chi connectivity index (χ0v) is 60.1. The van der Waals surface area contributed by atoms with E-state index in [9.17, 15) is 86.7 Å². The molecule has 3 aromatic heterocycles. The summed E-state index contributed by atoms with van der Waals surface area (Å²) in [5, 5.41) is 136. The van der Waals surface area contributed by atoms with Gasteiger partial charge < -0.3 is 100.0 Å². The van der Waals surface area contributed by atoms with E-state index in [1.807, 2.05) is 0 Å². The van der Waals surface area contributed by atoms with Gasteiger partial charge in [0.05, 0.1) is 62.2 Å². The predicted octanol–water partition coefficient (Wildman–Crippen LogP) is 0.695. The third-order valence-corrected chi connectivity index (χ3v) is 22.0. The third kappa shape index (κ3) is 17.7. The van der Waals surface area contributed by atoms with Crippen LogP contribution in [0.3, 0.4) is 0 Å². The monoisotopic (exact) mass is 1570 g/mol. The number of carbonyl (C=O) groups is 4. The number of likely N-dealkylation sites (tertiary alicyclic amines) is 1. The minimum absolute atomic E-state index is 0.0859. The largest absolute Gasteiger partial charge is 0.394 e. The maximum absolute atomic E-state index is 15.1. The molecule has 3 aliphatic carbocycles. The van der Waals surface area contributed by atoms with Crippen LogP contribution in [0.25, 0.3) is 33.8 Å². The highest BCUT2D eigenvalue weighted by Crippen LogP contribution is 2.44.